The van der Waals surface area contributed by atoms with E-state index >= 15 is 0 Å². The Labute approximate surface area is 186 Å². The molecule has 2 N–H and O–H groups in total. The minimum absolute atomic E-state index is 0.180. The van der Waals surface area contributed by atoms with Crippen LogP contribution in [0.3, 0.4) is 0 Å². The van der Waals surface area contributed by atoms with Gasteiger partial charge in [-0.2, -0.15) is 0 Å². The zero-order chi connectivity index (χ0) is 22.6. The molecule has 0 heterocycles. The molecule has 0 spiro atoms. The fourth-order valence-electron chi connectivity index (χ4n) is 2.71. The summed E-state index contributed by atoms with van der Waals surface area (Å²) in [6, 6.07) is 13.3. The van der Waals surface area contributed by atoms with E-state index in [-0.39, 0.29) is 24.9 Å². The van der Waals surface area contributed by atoms with Gasteiger partial charge in [0, 0.05) is 36.5 Å². The third-order valence-electron chi connectivity index (χ3n) is 4.31. The Morgan fingerprint density at radius 2 is 1.65 bits per heavy atom. The van der Waals surface area contributed by atoms with Crippen molar-refractivity contribution < 1.29 is 23.9 Å². The van der Waals surface area contributed by atoms with Gasteiger partial charge in [0.15, 0.2) is 0 Å². The van der Waals surface area contributed by atoms with Crippen LogP contribution in [-0.4, -0.2) is 63.1 Å². The molecule has 166 valence electrons. The van der Waals surface area contributed by atoms with Crippen LogP contribution >= 0.6 is 11.6 Å². The molecule has 0 aliphatic carbocycles. The maximum atomic E-state index is 12.8. The third-order valence-corrected chi connectivity index (χ3v) is 4.56. The maximum absolute atomic E-state index is 12.8. The van der Waals surface area contributed by atoms with Gasteiger partial charge in [-0.1, -0.05) is 11.6 Å². The summed E-state index contributed by atoms with van der Waals surface area (Å²) in [5.74, 6) is -0.450. The summed E-state index contributed by atoms with van der Waals surface area (Å²) in [5, 5.41) is 5.74. The summed E-state index contributed by atoms with van der Waals surface area (Å²) < 4.78 is 10.1. The van der Waals surface area contributed by atoms with Gasteiger partial charge in [0.1, 0.15) is 5.75 Å². The van der Waals surface area contributed by atoms with E-state index in [9.17, 15) is 14.4 Å². The highest BCUT2D eigenvalue weighted by Crippen LogP contribution is 2.15. The van der Waals surface area contributed by atoms with E-state index in [1.54, 1.807) is 62.8 Å². The number of methoxy groups -OCH3 is 2. The first kappa shape index (κ1) is 24.2. The minimum Gasteiger partial charge on any atom is -0.497 e. The minimum atomic E-state index is -0.440. The molecule has 0 saturated carbocycles. The molecule has 2 aromatic rings. The number of carbonyl (C=O) groups is 3. The number of rotatable bonds is 11. The van der Waals surface area contributed by atoms with Crippen LogP contribution in [0.15, 0.2) is 48.5 Å². The smallest absolute Gasteiger partial charge is 0.254 e. The number of carbonyl (C=O) groups excluding carboxylic acids is 3. The number of hydrogen-bond acceptors (Lipinski definition) is 5. The van der Waals surface area contributed by atoms with Crippen molar-refractivity contribution in [2.45, 2.75) is 6.42 Å². The van der Waals surface area contributed by atoms with Gasteiger partial charge < -0.3 is 25.0 Å². The molecule has 0 aliphatic heterocycles. The zero-order valence-electron chi connectivity index (χ0n) is 17.5. The summed E-state index contributed by atoms with van der Waals surface area (Å²) in [6.45, 7) is 0.393. The van der Waals surface area contributed by atoms with Crippen LogP contribution in [0, 0.1) is 0 Å². The first-order chi connectivity index (χ1) is 14.9. The van der Waals surface area contributed by atoms with Crippen LogP contribution in [0.25, 0.3) is 0 Å². The van der Waals surface area contributed by atoms with Crippen LogP contribution in [0.2, 0.25) is 5.02 Å². The van der Waals surface area contributed by atoms with Gasteiger partial charge in [-0.25, -0.2) is 0 Å². The Hall–Kier alpha value is -3.10. The van der Waals surface area contributed by atoms with Gasteiger partial charge in [-0.3, -0.25) is 14.4 Å². The Kier molecular flexibility index (Phi) is 9.80. The highest BCUT2D eigenvalue weighted by atomic mass is 35.5. The average molecular weight is 448 g/mol. The monoisotopic (exact) mass is 447 g/mol. The lowest BCUT2D eigenvalue weighted by Gasteiger charge is -2.22. The lowest BCUT2D eigenvalue weighted by molar-refractivity contribution is -0.124. The third kappa shape index (κ3) is 8.27. The van der Waals surface area contributed by atoms with Crippen molar-refractivity contribution in [1.82, 2.24) is 10.2 Å². The molecular weight excluding hydrogens is 422 g/mol. The number of nitrogens with one attached hydrogen (secondary N) is 2. The fourth-order valence-corrected chi connectivity index (χ4v) is 2.84. The molecule has 0 fully saturated rings. The molecule has 8 nitrogen and oxygen atoms in total. The number of amides is 3. The number of nitrogens with zero attached hydrogens (tertiary/aromatic N) is 1. The SMILES string of the molecule is COCCCN(CC(=O)NCC(=O)Nc1ccc(OC)cc1)C(=O)c1ccc(Cl)cc1. The second-order valence-corrected chi connectivity index (χ2v) is 7.07. The van der Waals surface area contributed by atoms with Gasteiger partial charge in [0.25, 0.3) is 5.91 Å². The van der Waals surface area contributed by atoms with E-state index in [0.717, 1.165) is 0 Å². The average Bonchev–Trinajstić information content (AvgIpc) is 2.77. The Morgan fingerprint density at radius 3 is 2.26 bits per heavy atom. The number of hydrogen-bond donors (Lipinski definition) is 2. The van der Waals surface area contributed by atoms with E-state index < -0.39 is 5.91 Å². The molecule has 0 atom stereocenters. The highest BCUT2D eigenvalue weighted by molar-refractivity contribution is 6.30. The van der Waals surface area contributed by atoms with E-state index in [1.807, 2.05) is 0 Å². The Bertz CT molecular complexity index is 872. The molecule has 31 heavy (non-hydrogen) atoms. The molecule has 9 heteroatoms. The quantitative estimate of drug-likeness (QED) is 0.516. The van der Waals surface area contributed by atoms with Gasteiger partial charge in [0.2, 0.25) is 11.8 Å². The van der Waals surface area contributed by atoms with Crippen LogP contribution < -0.4 is 15.4 Å². The first-order valence-corrected chi connectivity index (χ1v) is 10.0. The summed E-state index contributed by atoms with van der Waals surface area (Å²) in [6.07, 6.45) is 0.571. The lowest BCUT2D eigenvalue weighted by Crippen LogP contribution is -2.43. The van der Waals surface area contributed by atoms with Crippen molar-refractivity contribution in [2.75, 3.05) is 45.8 Å². The van der Waals surface area contributed by atoms with Crippen LogP contribution in [0.4, 0.5) is 5.69 Å². The summed E-state index contributed by atoms with van der Waals surface area (Å²) >= 11 is 5.88. The van der Waals surface area contributed by atoms with Crippen molar-refractivity contribution in [3.05, 3.63) is 59.1 Å². The molecule has 0 saturated heterocycles. The second-order valence-electron chi connectivity index (χ2n) is 6.63. The second kappa shape index (κ2) is 12.6. The molecule has 0 unspecified atom stereocenters. The zero-order valence-corrected chi connectivity index (χ0v) is 18.3. The Balaban J connectivity index is 1.89. The van der Waals surface area contributed by atoms with Gasteiger partial charge in [0.05, 0.1) is 20.2 Å². The van der Waals surface area contributed by atoms with Crippen LogP contribution in [0.5, 0.6) is 5.75 Å². The van der Waals surface area contributed by atoms with Crippen molar-refractivity contribution in [1.29, 1.82) is 0 Å². The topological polar surface area (TPSA) is 97.0 Å². The fraction of sp³-hybridized carbons (Fsp3) is 0.318. The van der Waals surface area contributed by atoms with Gasteiger partial charge >= 0.3 is 0 Å². The van der Waals surface area contributed by atoms with E-state index in [1.165, 1.54) is 4.90 Å². The molecule has 0 aliphatic rings. The van der Waals surface area contributed by atoms with E-state index in [2.05, 4.69) is 10.6 Å². The largest absolute Gasteiger partial charge is 0.497 e. The highest BCUT2D eigenvalue weighted by Gasteiger charge is 2.19. The number of halogens is 1. The Morgan fingerprint density at radius 1 is 0.968 bits per heavy atom. The van der Waals surface area contributed by atoms with Crippen molar-refractivity contribution in [3.8, 4) is 5.75 Å². The van der Waals surface area contributed by atoms with Crippen LogP contribution in [-0.2, 0) is 14.3 Å². The van der Waals surface area contributed by atoms with E-state index in [0.29, 0.717) is 41.6 Å². The summed E-state index contributed by atoms with van der Waals surface area (Å²) in [5.41, 5.74) is 1.01. The lowest BCUT2D eigenvalue weighted by atomic mass is 10.2. The molecule has 0 aromatic heterocycles. The van der Waals surface area contributed by atoms with Crippen molar-refractivity contribution in [2.24, 2.45) is 0 Å². The van der Waals surface area contributed by atoms with E-state index in [4.69, 9.17) is 21.1 Å². The molecule has 2 rings (SSSR count). The molecule has 3 amide bonds. The number of benzene rings is 2. The molecule has 2 aromatic carbocycles. The number of anilines is 1. The predicted octanol–water partition coefficient (Wildman–Crippen LogP) is 2.58. The summed E-state index contributed by atoms with van der Waals surface area (Å²) in [7, 11) is 3.12. The standard InChI is InChI=1S/C22H26ClN3O5/c1-30-13-3-12-26(22(29)16-4-6-17(23)7-5-16)15-21(28)24-14-20(27)25-18-8-10-19(31-2)11-9-18/h4-11H,3,12-15H2,1-2H3,(H,24,28)(H,25,27). The first-order valence-electron chi connectivity index (χ1n) is 9.67. The van der Waals surface area contributed by atoms with Gasteiger partial charge in [-0.15, -0.1) is 0 Å². The van der Waals surface area contributed by atoms with Crippen LogP contribution in [0.1, 0.15) is 16.8 Å². The molecule has 0 bridgehead atoms. The van der Waals surface area contributed by atoms with Gasteiger partial charge in [-0.05, 0) is 55.0 Å². The normalized spacial score (nSPS) is 10.3. The van der Waals surface area contributed by atoms with Crippen molar-refractivity contribution >= 4 is 35.0 Å². The summed E-state index contributed by atoms with van der Waals surface area (Å²) in [4.78, 5) is 38.7. The molecule has 0 radical (unpaired) electrons. The number of ether oxygens (including phenoxy) is 2. The van der Waals surface area contributed by atoms with Crippen molar-refractivity contribution in [3.63, 3.8) is 0 Å². The maximum Gasteiger partial charge on any atom is 0.254 e. The molecular formula is C22H26ClN3O5. The predicted molar refractivity (Wildman–Crippen MR) is 118 cm³/mol.